The Bertz CT molecular complexity index is 2830. The van der Waals surface area contributed by atoms with E-state index in [9.17, 15) is 0 Å². The van der Waals surface area contributed by atoms with Gasteiger partial charge in [0, 0.05) is 37.5 Å². The van der Waals surface area contributed by atoms with E-state index in [4.69, 9.17) is 14.4 Å². The van der Waals surface area contributed by atoms with Crippen molar-refractivity contribution in [1.29, 1.82) is 0 Å². The quantitative estimate of drug-likeness (QED) is 0.194. The number of nitrogens with zero attached hydrogens (tertiary/aromatic N) is 2. The summed E-state index contributed by atoms with van der Waals surface area (Å²) in [6, 6.07) is 55.4. The molecule has 3 aromatic heterocycles. The average molecular weight is 631 g/mol. The largest absolute Gasteiger partial charge is 0.455 e. The second-order valence-electron chi connectivity index (χ2n) is 12.1. The van der Waals surface area contributed by atoms with Crippen molar-refractivity contribution in [3.63, 3.8) is 0 Å². The topological polar surface area (TPSA) is 38.9 Å². The van der Waals surface area contributed by atoms with E-state index in [-0.39, 0.29) is 0 Å². The maximum atomic E-state index is 6.67. The molecule has 224 valence electrons. The van der Waals surface area contributed by atoms with Crippen LogP contribution in [0.4, 0.5) is 0 Å². The number of fused-ring (bicyclic) bond motifs is 7. The summed E-state index contributed by atoms with van der Waals surface area (Å²) in [5.74, 6) is 0.698. The third kappa shape index (κ3) is 4.27. The van der Waals surface area contributed by atoms with Crippen LogP contribution >= 0.6 is 11.3 Å². The van der Waals surface area contributed by atoms with Gasteiger partial charge < -0.3 is 4.42 Å². The van der Waals surface area contributed by atoms with Crippen LogP contribution in [-0.4, -0.2) is 9.97 Å². The van der Waals surface area contributed by atoms with E-state index < -0.39 is 0 Å². The molecule has 0 spiro atoms. The van der Waals surface area contributed by atoms with Crippen LogP contribution in [0.15, 0.2) is 162 Å². The number of aromatic nitrogens is 2. The van der Waals surface area contributed by atoms with Crippen molar-refractivity contribution in [3.8, 4) is 44.9 Å². The van der Waals surface area contributed by atoms with Gasteiger partial charge in [0.15, 0.2) is 5.82 Å². The Kier molecular flexibility index (Phi) is 6.05. The summed E-state index contributed by atoms with van der Waals surface area (Å²) in [6.07, 6.45) is 0. The van der Waals surface area contributed by atoms with E-state index in [0.29, 0.717) is 5.82 Å². The summed E-state index contributed by atoms with van der Waals surface area (Å²) in [4.78, 5) is 10.5. The Labute approximate surface area is 280 Å². The summed E-state index contributed by atoms with van der Waals surface area (Å²) >= 11 is 1.75. The lowest BCUT2D eigenvalue weighted by atomic mass is 9.97. The third-order valence-corrected chi connectivity index (χ3v) is 10.5. The fraction of sp³-hybridized carbons (Fsp3) is 0. The normalized spacial score (nSPS) is 11.8. The highest BCUT2D eigenvalue weighted by Crippen LogP contribution is 2.43. The molecule has 0 aliphatic carbocycles. The molecule has 3 heterocycles. The zero-order valence-electron chi connectivity index (χ0n) is 25.7. The highest BCUT2D eigenvalue weighted by atomic mass is 32.1. The van der Waals surface area contributed by atoms with Crippen molar-refractivity contribution in [2.24, 2.45) is 0 Å². The first-order valence-electron chi connectivity index (χ1n) is 16.1. The van der Waals surface area contributed by atoms with Gasteiger partial charge in [-0.25, -0.2) is 9.97 Å². The molecular formula is C44H26N2OS. The summed E-state index contributed by atoms with van der Waals surface area (Å²) < 4.78 is 8.98. The minimum absolute atomic E-state index is 0.698. The lowest BCUT2D eigenvalue weighted by Gasteiger charge is -2.08. The molecule has 0 amide bonds. The van der Waals surface area contributed by atoms with E-state index in [0.717, 1.165) is 65.5 Å². The molecule has 4 heteroatoms. The van der Waals surface area contributed by atoms with Gasteiger partial charge >= 0.3 is 0 Å². The van der Waals surface area contributed by atoms with E-state index in [1.165, 1.54) is 26.6 Å². The Hall–Kier alpha value is -6.10. The minimum atomic E-state index is 0.698. The Morgan fingerprint density at radius 3 is 2.08 bits per heavy atom. The molecule has 0 aliphatic heterocycles. The first-order chi connectivity index (χ1) is 23.8. The fourth-order valence-electron chi connectivity index (χ4n) is 6.98. The monoisotopic (exact) mass is 630 g/mol. The molecule has 0 aliphatic rings. The summed E-state index contributed by atoms with van der Waals surface area (Å²) in [5, 5.41) is 5.72. The van der Waals surface area contributed by atoms with Gasteiger partial charge in [-0.2, -0.15) is 0 Å². The second kappa shape index (κ2) is 10.7. The van der Waals surface area contributed by atoms with E-state index in [1.807, 2.05) is 18.2 Å². The molecular weight excluding hydrogens is 605 g/mol. The van der Waals surface area contributed by atoms with E-state index in [2.05, 4.69) is 140 Å². The number of para-hydroxylation sites is 1. The third-order valence-electron chi connectivity index (χ3n) is 9.31. The molecule has 0 N–H and O–H groups in total. The predicted octanol–water partition coefficient (Wildman–Crippen LogP) is 12.6. The van der Waals surface area contributed by atoms with Crippen LogP contribution in [0.2, 0.25) is 0 Å². The van der Waals surface area contributed by atoms with Gasteiger partial charge in [-0.3, -0.25) is 0 Å². The summed E-state index contributed by atoms with van der Waals surface area (Å²) in [6.45, 7) is 0. The first kappa shape index (κ1) is 27.1. The number of benzene rings is 7. The lowest BCUT2D eigenvalue weighted by molar-refractivity contribution is 0.670. The van der Waals surface area contributed by atoms with Gasteiger partial charge in [0.25, 0.3) is 0 Å². The molecule has 0 radical (unpaired) electrons. The number of rotatable bonds is 4. The summed E-state index contributed by atoms with van der Waals surface area (Å²) in [5.41, 5.74) is 10.2. The zero-order valence-corrected chi connectivity index (χ0v) is 26.5. The standard InChI is InChI=1S/C44H26N2OS/c1-2-11-30(12-3-1)40-43-41(34-14-6-7-19-38(34)48-43)46-44(45-40)36-17-9-18-37-39(36)35-16-8-15-33(42(35)47-37)29-23-20-28(21-24-29)32-25-22-27-10-4-5-13-31(27)26-32/h1-26H. The number of hydrogen-bond donors (Lipinski definition) is 0. The zero-order chi connectivity index (χ0) is 31.6. The van der Waals surface area contributed by atoms with E-state index >= 15 is 0 Å². The molecule has 0 fully saturated rings. The minimum Gasteiger partial charge on any atom is -0.455 e. The van der Waals surface area contributed by atoms with Crippen LogP contribution in [0.1, 0.15) is 0 Å². The smallest absolute Gasteiger partial charge is 0.161 e. The molecule has 10 rings (SSSR count). The maximum absolute atomic E-state index is 6.67. The molecule has 0 saturated heterocycles. The molecule has 0 bridgehead atoms. The molecule has 10 aromatic rings. The van der Waals surface area contributed by atoms with E-state index in [1.54, 1.807) is 11.3 Å². The Morgan fingerprint density at radius 2 is 1.19 bits per heavy atom. The molecule has 7 aromatic carbocycles. The van der Waals surface area contributed by atoms with Gasteiger partial charge in [-0.1, -0.05) is 140 Å². The maximum Gasteiger partial charge on any atom is 0.161 e. The molecule has 0 atom stereocenters. The number of thiophene rings is 1. The van der Waals surface area contributed by atoms with Gasteiger partial charge in [0.2, 0.25) is 0 Å². The van der Waals surface area contributed by atoms with Crippen molar-refractivity contribution in [1.82, 2.24) is 9.97 Å². The van der Waals surface area contributed by atoms with Crippen molar-refractivity contribution >= 4 is 64.4 Å². The van der Waals surface area contributed by atoms with Crippen LogP contribution in [0.3, 0.4) is 0 Å². The predicted molar refractivity (Wildman–Crippen MR) is 201 cm³/mol. The van der Waals surface area contributed by atoms with Gasteiger partial charge in [0.05, 0.1) is 15.9 Å². The van der Waals surface area contributed by atoms with Crippen LogP contribution in [0.25, 0.3) is 97.9 Å². The fourth-order valence-corrected chi connectivity index (χ4v) is 8.13. The van der Waals surface area contributed by atoms with Crippen LogP contribution in [0, 0.1) is 0 Å². The van der Waals surface area contributed by atoms with Gasteiger partial charge in [-0.15, -0.1) is 11.3 Å². The van der Waals surface area contributed by atoms with Crippen LogP contribution in [0.5, 0.6) is 0 Å². The average Bonchev–Trinajstić information content (AvgIpc) is 3.73. The van der Waals surface area contributed by atoms with Crippen LogP contribution in [-0.2, 0) is 0 Å². The SMILES string of the molecule is c1ccc(-c2nc(-c3cccc4oc5c(-c6ccc(-c7ccc8ccccc8c7)cc6)cccc5c34)nc3c2sc2ccccc23)cc1. The first-order valence-corrected chi connectivity index (χ1v) is 16.9. The molecule has 3 nitrogen and oxygen atoms in total. The second-order valence-corrected chi connectivity index (χ2v) is 13.2. The molecule has 0 unspecified atom stereocenters. The lowest BCUT2D eigenvalue weighted by Crippen LogP contribution is -1.94. The van der Waals surface area contributed by atoms with Crippen molar-refractivity contribution in [2.45, 2.75) is 0 Å². The van der Waals surface area contributed by atoms with Gasteiger partial charge in [-0.05, 0) is 45.7 Å². The Balaban J connectivity index is 1.14. The number of hydrogen-bond acceptors (Lipinski definition) is 4. The van der Waals surface area contributed by atoms with Crippen molar-refractivity contribution < 1.29 is 4.42 Å². The van der Waals surface area contributed by atoms with Crippen molar-refractivity contribution in [2.75, 3.05) is 0 Å². The number of furan rings is 1. The molecule has 48 heavy (non-hydrogen) atoms. The summed E-state index contributed by atoms with van der Waals surface area (Å²) in [7, 11) is 0. The van der Waals surface area contributed by atoms with Crippen molar-refractivity contribution in [3.05, 3.63) is 158 Å². The highest BCUT2D eigenvalue weighted by molar-refractivity contribution is 7.26. The van der Waals surface area contributed by atoms with Crippen LogP contribution < -0.4 is 0 Å². The highest BCUT2D eigenvalue weighted by Gasteiger charge is 2.21. The van der Waals surface area contributed by atoms with Gasteiger partial charge in [0.1, 0.15) is 11.2 Å². The Morgan fingerprint density at radius 1 is 0.479 bits per heavy atom. The molecule has 0 saturated carbocycles.